The summed E-state index contributed by atoms with van der Waals surface area (Å²) in [6.07, 6.45) is 0. The lowest BCUT2D eigenvalue weighted by atomic mass is 11.8. The zero-order valence-electron chi connectivity index (χ0n) is 17.8. The molecule has 15 heteroatoms. The Bertz CT molecular complexity index is 402. The van der Waals surface area contributed by atoms with Gasteiger partial charge in [-0.25, -0.2) is 0 Å². The van der Waals surface area contributed by atoms with E-state index in [1.54, 1.807) is 14.2 Å². The van der Waals surface area contributed by atoms with Crippen LogP contribution in [0, 0.1) is 0 Å². The zero-order valence-corrected chi connectivity index (χ0v) is 24.8. The summed E-state index contributed by atoms with van der Waals surface area (Å²) in [5, 5.41) is 0. The van der Waals surface area contributed by atoms with E-state index in [0.29, 0.717) is 0 Å². The van der Waals surface area contributed by atoms with Gasteiger partial charge >= 0.3 is 54.5 Å². The molecule has 0 aliphatic rings. The Morgan fingerprint density at radius 2 is 1.00 bits per heavy atom. The Hall–Kier alpha value is 1.20. The van der Waals surface area contributed by atoms with Gasteiger partial charge in [-0.2, -0.15) is 0 Å². The monoisotopic (exact) mass is 489 g/mol. The quantitative estimate of drug-likeness (QED) is 0.344. The summed E-state index contributed by atoms with van der Waals surface area (Å²) < 4.78 is 46.6. The van der Waals surface area contributed by atoms with Crippen LogP contribution in [-0.2, 0) is 33.5 Å². The lowest BCUT2D eigenvalue weighted by Gasteiger charge is -2.40. The minimum absolute atomic E-state index is 0.163. The summed E-state index contributed by atoms with van der Waals surface area (Å²) in [6, 6.07) is 0. The SMILES string of the molecule is CO[Si]O[Si](C)(O[Si]OC)O[Si](C)(C)O[Si](C)(C)O[Si](C)(C)O[Si](C)C. The standard InChI is InChI=1S/C11H33O8Si7/c1-12-20-14-26(11,15-21-13-2)19-25(9,10)18-24(7,8)17-23(5,6)16-22(3)4/h1-11H3. The Balaban J connectivity index is 5.04. The van der Waals surface area contributed by atoms with Gasteiger partial charge in [0.15, 0.2) is 9.04 Å². The van der Waals surface area contributed by atoms with Crippen LogP contribution in [0.2, 0.25) is 58.9 Å². The first kappa shape index (κ1) is 27.2. The predicted octanol–water partition coefficient (Wildman–Crippen LogP) is 2.37. The number of hydrogen-bond acceptors (Lipinski definition) is 8. The topological polar surface area (TPSA) is 73.8 Å². The lowest BCUT2D eigenvalue weighted by molar-refractivity contribution is 0.203. The van der Waals surface area contributed by atoms with Crippen molar-refractivity contribution in [2.45, 2.75) is 58.9 Å². The molecule has 0 atom stereocenters. The molecule has 0 heterocycles. The fraction of sp³-hybridized carbons (Fsp3) is 1.00. The first-order chi connectivity index (χ1) is 11.7. The maximum Gasteiger partial charge on any atom is 0.470 e. The molecule has 0 N–H and O–H groups in total. The van der Waals surface area contributed by atoms with E-state index in [1.165, 1.54) is 0 Å². The van der Waals surface area contributed by atoms with Gasteiger partial charge < -0.3 is 33.5 Å². The summed E-state index contributed by atoms with van der Waals surface area (Å²) in [6.45, 7) is 18.1. The molecule has 0 spiro atoms. The summed E-state index contributed by atoms with van der Waals surface area (Å²) >= 11 is 0. The molecule has 0 aliphatic carbocycles. The fourth-order valence-corrected chi connectivity index (χ4v) is 24.6. The number of rotatable bonds is 14. The van der Waals surface area contributed by atoms with Gasteiger partial charge in [-0.15, -0.1) is 0 Å². The van der Waals surface area contributed by atoms with Crippen molar-refractivity contribution in [3.63, 3.8) is 0 Å². The largest absolute Gasteiger partial charge is 0.470 e. The van der Waals surface area contributed by atoms with E-state index in [1.807, 2.05) is 32.7 Å². The van der Waals surface area contributed by atoms with Crippen molar-refractivity contribution in [3.05, 3.63) is 0 Å². The smallest absolute Gasteiger partial charge is 0.437 e. The van der Waals surface area contributed by atoms with Gasteiger partial charge in [0.1, 0.15) is 0 Å². The molecule has 0 unspecified atom stereocenters. The van der Waals surface area contributed by atoms with E-state index >= 15 is 0 Å². The van der Waals surface area contributed by atoms with E-state index in [-0.39, 0.29) is 20.0 Å². The molecule has 0 amide bonds. The molecule has 0 aromatic heterocycles. The first-order valence-corrected chi connectivity index (χ1v) is 22.9. The Kier molecular flexibility index (Phi) is 11.9. The maximum atomic E-state index is 6.40. The normalized spacial score (nSPS) is 14.3. The first-order valence-electron chi connectivity index (χ1n) is 8.17. The van der Waals surface area contributed by atoms with Crippen LogP contribution in [0.3, 0.4) is 0 Å². The van der Waals surface area contributed by atoms with E-state index in [9.17, 15) is 0 Å². The molecule has 0 bridgehead atoms. The van der Waals surface area contributed by atoms with Gasteiger partial charge in [-0.1, -0.05) is 0 Å². The van der Waals surface area contributed by atoms with Crippen LogP contribution in [0.4, 0.5) is 0 Å². The van der Waals surface area contributed by atoms with Crippen molar-refractivity contribution in [1.82, 2.24) is 0 Å². The predicted molar refractivity (Wildman–Crippen MR) is 114 cm³/mol. The van der Waals surface area contributed by atoms with Gasteiger partial charge in [0.05, 0.1) is 0 Å². The highest BCUT2D eigenvalue weighted by atomic mass is 28.5. The van der Waals surface area contributed by atoms with Gasteiger partial charge in [0.2, 0.25) is 0 Å². The second kappa shape index (κ2) is 11.4. The van der Waals surface area contributed by atoms with Crippen LogP contribution in [0.1, 0.15) is 0 Å². The average Bonchev–Trinajstić information content (AvgIpc) is 2.38. The van der Waals surface area contributed by atoms with Crippen LogP contribution < -0.4 is 0 Å². The molecule has 26 heavy (non-hydrogen) atoms. The lowest BCUT2D eigenvalue weighted by Crippen LogP contribution is -2.59. The zero-order chi connectivity index (χ0) is 20.6. The molecule has 0 saturated carbocycles. The second-order valence-electron chi connectivity index (χ2n) is 7.16. The van der Waals surface area contributed by atoms with Gasteiger partial charge in [-0.3, -0.25) is 0 Å². The molecule has 0 aromatic rings. The minimum Gasteiger partial charge on any atom is -0.437 e. The highest BCUT2D eigenvalue weighted by molar-refractivity contribution is 6.88. The van der Waals surface area contributed by atoms with E-state index in [2.05, 4.69) is 26.2 Å². The maximum absolute atomic E-state index is 6.40. The van der Waals surface area contributed by atoms with Crippen LogP contribution in [0.25, 0.3) is 0 Å². The van der Waals surface area contributed by atoms with Crippen molar-refractivity contribution >= 4 is 63.5 Å². The van der Waals surface area contributed by atoms with Gasteiger partial charge in [0, 0.05) is 20.8 Å². The third kappa shape index (κ3) is 12.6. The Labute approximate surface area is 170 Å². The molecular formula is C11H33O8Si7. The average molecular weight is 490 g/mol. The van der Waals surface area contributed by atoms with Crippen LogP contribution >= 0.6 is 0 Å². The molecule has 5 radical (unpaired) electrons. The summed E-state index contributed by atoms with van der Waals surface area (Å²) in [7, 11) is -8.26. The van der Waals surface area contributed by atoms with Crippen molar-refractivity contribution in [1.29, 1.82) is 0 Å². The second-order valence-corrected chi connectivity index (χ2v) is 25.1. The molecule has 0 fully saturated rings. The van der Waals surface area contributed by atoms with Gasteiger partial charge in [0.25, 0.3) is 0 Å². The van der Waals surface area contributed by atoms with Crippen molar-refractivity contribution in [2.24, 2.45) is 0 Å². The van der Waals surface area contributed by atoms with Gasteiger partial charge in [-0.05, 0) is 52.4 Å². The molecule has 0 saturated heterocycles. The Morgan fingerprint density at radius 1 is 0.615 bits per heavy atom. The third-order valence-electron chi connectivity index (χ3n) is 2.49. The van der Waals surface area contributed by atoms with Crippen molar-refractivity contribution in [2.75, 3.05) is 14.2 Å². The highest BCUT2D eigenvalue weighted by Crippen LogP contribution is 2.25. The van der Waals surface area contributed by atoms with E-state index in [0.717, 1.165) is 0 Å². The minimum atomic E-state index is -2.95. The van der Waals surface area contributed by atoms with Crippen LogP contribution in [-0.4, -0.2) is 77.8 Å². The van der Waals surface area contributed by atoms with Crippen LogP contribution in [0.15, 0.2) is 0 Å². The van der Waals surface area contributed by atoms with Crippen LogP contribution in [0.5, 0.6) is 0 Å². The summed E-state index contributed by atoms with van der Waals surface area (Å²) in [5.41, 5.74) is 0. The fourth-order valence-electron chi connectivity index (χ4n) is 2.48. The summed E-state index contributed by atoms with van der Waals surface area (Å²) in [4.78, 5) is 0. The van der Waals surface area contributed by atoms with E-state index < -0.39 is 43.5 Å². The molecule has 8 nitrogen and oxygen atoms in total. The Morgan fingerprint density at radius 3 is 1.38 bits per heavy atom. The molecule has 0 rings (SSSR count). The highest BCUT2D eigenvalue weighted by Gasteiger charge is 2.48. The van der Waals surface area contributed by atoms with E-state index in [4.69, 9.17) is 33.5 Å². The summed E-state index contributed by atoms with van der Waals surface area (Å²) in [5.74, 6) is 0. The molecule has 0 aliphatic heterocycles. The molecular weight excluding hydrogens is 457 g/mol. The van der Waals surface area contributed by atoms with Crippen molar-refractivity contribution in [3.8, 4) is 0 Å². The molecule has 153 valence electrons. The van der Waals surface area contributed by atoms with Crippen molar-refractivity contribution < 1.29 is 33.5 Å². The molecule has 0 aromatic carbocycles. The number of hydrogen-bond donors (Lipinski definition) is 0. The third-order valence-corrected chi connectivity index (χ3v) is 21.4.